The maximum Gasteiger partial charge on any atom is 0.134 e. The lowest BCUT2D eigenvalue weighted by molar-refractivity contribution is 0.220. The summed E-state index contributed by atoms with van der Waals surface area (Å²) in [6.07, 6.45) is 3.02. The number of aromatic nitrogens is 2. The Hall–Kier alpha value is -1.36. The van der Waals surface area contributed by atoms with Gasteiger partial charge in [-0.05, 0) is 18.3 Å². The number of nitrogens with zero attached hydrogens (tertiary/aromatic N) is 2. The maximum absolute atomic E-state index is 8.97. The second-order valence-electron chi connectivity index (χ2n) is 4.93. The number of aliphatic hydroxyl groups excluding tert-OH is 1. The molecule has 0 amide bonds. The van der Waals surface area contributed by atoms with Crippen LogP contribution in [0.5, 0.6) is 0 Å². The minimum absolute atomic E-state index is 0.0273. The Morgan fingerprint density at radius 2 is 2.12 bits per heavy atom. The molecule has 0 atom stereocenters. The molecule has 1 aromatic rings. The van der Waals surface area contributed by atoms with E-state index in [9.17, 15) is 0 Å². The predicted molar refractivity (Wildman–Crippen MR) is 69.8 cm³/mol. The van der Waals surface area contributed by atoms with Crippen molar-refractivity contribution in [1.82, 2.24) is 9.97 Å². The first-order valence-electron chi connectivity index (χ1n) is 5.94. The van der Waals surface area contributed by atoms with Crippen LogP contribution in [0.2, 0.25) is 0 Å². The van der Waals surface area contributed by atoms with Gasteiger partial charge in [-0.25, -0.2) is 9.97 Å². The van der Waals surface area contributed by atoms with E-state index >= 15 is 0 Å². The van der Waals surface area contributed by atoms with Crippen molar-refractivity contribution in [1.29, 1.82) is 0 Å². The molecule has 1 aromatic heterocycles. The number of aliphatic hydroxyl groups is 1. The van der Waals surface area contributed by atoms with E-state index < -0.39 is 0 Å². The summed E-state index contributed by atoms with van der Waals surface area (Å²) in [7, 11) is 0. The minimum Gasteiger partial charge on any atom is -0.396 e. The zero-order chi connectivity index (χ0) is 12.9. The topological polar surface area (TPSA) is 84.1 Å². The highest BCUT2D eigenvalue weighted by Crippen LogP contribution is 2.23. The molecule has 0 fully saturated rings. The van der Waals surface area contributed by atoms with Crippen molar-refractivity contribution in [2.24, 2.45) is 5.41 Å². The first-order valence-corrected chi connectivity index (χ1v) is 5.94. The third-order valence-electron chi connectivity index (χ3n) is 2.86. The van der Waals surface area contributed by atoms with Crippen LogP contribution in [-0.4, -0.2) is 28.2 Å². The van der Waals surface area contributed by atoms with E-state index in [1.54, 1.807) is 0 Å². The van der Waals surface area contributed by atoms with Gasteiger partial charge in [-0.3, -0.25) is 0 Å². The van der Waals surface area contributed by atoms with Crippen LogP contribution in [0.15, 0.2) is 6.33 Å². The molecule has 0 unspecified atom stereocenters. The standard InChI is InChI=1S/C12H22N4O/c1-4-9-10(13)15-8-16-11(9)14-7-12(2,3)5-6-17/h8,17H,4-7H2,1-3H3,(H3,13,14,15,16). The van der Waals surface area contributed by atoms with Crippen LogP contribution in [0.4, 0.5) is 11.6 Å². The second kappa shape index (κ2) is 5.82. The van der Waals surface area contributed by atoms with Gasteiger partial charge in [0.15, 0.2) is 0 Å². The Morgan fingerprint density at radius 1 is 1.41 bits per heavy atom. The maximum atomic E-state index is 8.97. The highest BCUT2D eigenvalue weighted by molar-refractivity contribution is 5.54. The molecule has 0 aliphatic heterocycles. The molecule has 5 nitrogen and oxygen atoms in total. The van der Waals surface area contributed by atoms with E-state index in [0.29, 0.717) is 5.82 Å². The molecule has 96 valence electrons. The third-order valence-corrected chi connectivity index (χ3v) is 2.86. The Labute approximate surface area is 102 Å². The average molecular weight is 238 g/mol. The average Bonchev–Trinajstić information content (AvgIpc) is 2.26. The zero-order valence-electron chi connectivity index (χ0n) is 10.8. The lowest BCUT2D eigenvalue weighted by atomic mass is 9.90. The first kappa shape index (κ1) is 13.7. The quantitative estimate of drug-likeness (QED) is 0.698. The van der Waals surface area contributed by atoms with Gasteiger partial charge in [0.1, 0.15) is 18.0 Å². The summed E-state index contributed by atoms with van der Waals surface area (Å²) >= 11 is 0. The van der Waals surface area contributed by atoms with Gasteiger partial charge in [0.25, 0.3) is 0 Å². The highest BCUT2D eigenvalue weighted by atomic mass is 16.3. The first-order chi connectivity index (χ1) is 8.00. The minimum atomic E-state index is 0.0273. The van der Waals surface area contributed by atoms with Crippen molar-refractivity contribution in [2.45, 2.75) is 33.6 Å². The molecule has 0 aromatic carbocycles. The molecule has 0 bridgehead atoms. The highest BCUT2D eigenvalue weighted by Gasteiger charge is 2.18. The SMILES string of the molecule is CCc1c(N)ncnc1NCC(C)(C)CCO. The summed E-state index contributed by atoms with van der Waals surface area (Å²) in [4.78, 5) is 8.19. The summed E-state index contributed by atoms with van der Waals surface area (Å²) < 4.78 is 0. The number of rotatable bonds is 6. The van der Waals surface area contributed by atoms with Crippen LogP contribution in [0.25, 0.3) is 0 Å². The molecule has 0 radical (unpaired) electrons. The normalized spacial score (nSPS) is 11.5. The van der Waals surface area contributed by atoms with E-state index in [4.69, 9.17) is 10.8 Å². The third kappa shape index (κ3) is 3.85. The summed E-state index contributed by atoms with van der Waals surface area (Å²) in [6.45, 7) is 7.18. The largest absolute Gasteiger partial charge is 0.396 e. The Morgan fingerprint density at radius 3 is 2.71 bits per heavy atom. The zero-order valence-corrected chi connectivity index (χ0v) is 10.8. The lowest BCUT2D eigenvalue weighted by Crippen LogP contribution is -2.25. The van der Waals surface area contributed by atoms with E-state index in [0.717, 1.165) is 30.8 Å². The molecule has 17 heavy (non-hydrogen) atoms. The van der Waals surface area contributed by atoms with Crippen LogP contribution in [0.1, 0.15) is 32.8 Å². The fraction of sp³-hybridized carbons (Fsp3) is 0.667. The summed E-state index contributed by atoms with van der Waals surface area (Å²) in [5.74, 6) is 1.33. The van der Waals surface area contributed by atoms with Gasteiger partial charge in [0, 0.05) is 18.7 Å². The molecule has 0 aliphatic carbocycles. The Bertz CT molecular complexity index is 366. The smallest absolute Gasteiger partial charge is 0.134 e. The molecule has 1 rings (SSSR count). The fourth-order valence-electron chi connectivity index (χ4n) is 1.64. The summed E-state index contributed by atoms with van der Waals surface area (Å²) in [6, 6.07) is 0. The molecule has 0 spiro atoms. The number of anilines is 2. The molecule has 1 heterocycles. The Balaban J connectivity index is 2.72. The van der Waals surface area contributed by atoms with Crippen molar-refractivity contribution < 1.29 is 5.11 Å². The van der Waals surface area contributed by atoms with Gasteiger partial charge in [0.05, 0.1) is 0 Å². The summed E-state index contributed by atoms with van der Waals surface area (Å²) in [5, 5.41) is 12.3. The molecule has 0 aliphatic rings. The molecular weight excluding hydrogens is 216 g/mol. The van der Waals surface area contributed by atoms with Gasteiger partial charge in [-0.2, -0.15) is 0 Å². The van der Waals surface area contributed by atoms with Gasteiger partial charge in [-0.15, -0.1) is 0 Å². The van der Waals surface area contributed by atoms with E-state index in [1.165, 1.54) is 6.33 Å². The van der Waals surface area contributed by atoms with E-state index in [-0.39, 0.29) is 12.0 Å². The van der Waals surface area contributed by atoms with Crippen molar-refractivity contribution >= 4 is 11.6 Å². The van der Waals surface area contributed by atoms with E-state index in [2.05, 4.69) is 29.1 Å². The van der Waals surface area contributed by atoms with Gasteiger partial charge in [0.2, 0.25) is 0 Å². The van der Waals surface area contributed by atoms with Crippen molar-refractivity contribution in [3.63, 3.8) is 0 Å². The number of nitrogens with two attached hydrogens (primary N) is 1. The summed E-state index contributed by atoms with van der Waals surface area (Å²) in [5.41, 5.74) is 6.78. The Kier molecular flexibility index (Phi) is 4.69. The number of nitrogen functional groups attached to an aromatic ring is 1. The van der Waals surface area contributed by atoms with Gasteiger partial charge in [-0.1, -0.05) is 20.8 Å². The van der Waals surface area contributed by atoms with E-state index in [1.807, 2.05) is 6.92 Å². The molecule has 5 heteroatoms. The molecule has 0 saturated carbocycles. The van der Waals surface area contributed by atoms with Crippen LogP contribution < -0.4 is 11.1 Å². The number of hydrogen-bond donors (Lipinski definition) is 3. The van der Waals surface area contributed by atoms with Gasteiger partial charge < -0.3 is 16.2 Å². The van der Waals surface area contributed by atoms with Crippen molar-refractivity contribution in [2.75, 3.05) is 24.2 Å². The van der Waals surface area contributed by atoms with Crippen LogP contribution >= 0.6 is 0 Å². The van der Waals surface area contributed by atoms with Crippen molar-refractivity contribution in [3.8, 4) is 0 Å². The second-order valence-corrected chi connectivity index (χ2v) is 4.93. The van der Waals surface area contributed by atoms with Crippen LogP contribution in [-0.2, 0) is 6.42 Å². The van der Waals surface area contributed by atoms with Gasteiger partial charge >= 0.3 is 0 Å². The fourth-order valence-corrected chi connectivity index (χ4v) is 1.64. The predicted octanol–water partition coefficient (Wildman–Crippen LogP) is 1.44. The van der Waals surface area contributed by atoms with Crippen LogP contribution in [0.3, 0.4) is 0 Å². The number of nitrogens with one attached hydrogen (secondary N) is 1. The lowest BCUT2D eigenvalue weighted by Gasteiger charge is -2.24. The molecule has 0 saturated heterocycles. The molecule has 4 N–H and O–H groups in total. The molecular formula is C12H22N4O. The van der Waals surface area contributed by atoms with Crippen LogP contribution in [0, 0.1) is 5.41 Å². The van der Waals surface area contributed by atoms with Crippen molar-refractivity contribution in [3.05, 3.63) is 11.9 Å². The number of hydrogen-bond acceptors (Lipinski definition) is 5. The monoisotopic (exact) mass is 238 g/mol.